The minimum atomic E-state index is -4.11. The maximum atomic E-state index is 15.1. The van der Waals surface area contributed by atoms with Crippen LogP contribution in [-0.2, 0) is 50.3 Å². The highest BCUT2D eigenvalue weighted by Crippen LogP contribution is 2.41. The summed E-state index contributed by atoms with van der Waals surface area (Å²) in [5.41, 5.74) is 4.88. The van der Waals surface area contributed by atoms with Crippen LogP contribution in [0.4, 0.5) is 19.0 Å². The zero-order valence-corrected chi connectivity index (χ0v) is 57.4. The summed E-state index contributed by atoms with van der Waals surface area (Å²) in [6.45, 7) is 8.84. The number of nitrogens with zero attached hydrogens (tertiary/aromatic N) is 6. The van der Waals surface area contributed by atoms with Crippen LogP contribution < -0.4 is 35.0 Å². The molecule has 0 unspecified atom stereocenters. The molecule has 3 aromatic heterocycles. The molecule has 5 heterocycles. The molecule has 7 aromatic rings. The van der Waals surface area contributed by atoms with Crippen molar-refractivity contribution in [2.75, 3.05) is 62.9 Å². The van der Waals surface area contributed by atoms with E-state index < -0.39 is 68.7 Å². The van der Waals surface area contributed by atoms with E-state index in [2.05, 4.69) is 42.5 Å². The Balaban J connectivity index is 0.726. The van der Waals surface area contributed by atoms with Crippen molar-refractivity contribution in [3.63, 3.8) is 0 Å². The number of aliphatic hydroxyl groups excluding tert-OH is 1. The van der Waals surface area contributed by atoms with Crippen LogP contribution in [0, 0.1) is 30.0 Å². The summed E-state index contributed by atoms with van der Waals surface area (Å²) in [5, 5.41) is 20.2. The number of fused-ring (bicyclic) bond motifs is 2. The van der Waals surface area contributed by atoms with E-state index in [1.165, 1.54) is 51.0 Å². The van der Waals surface area contributed by atoms with Crippen LogP contribution in [0.1, 0.15) is 139 Å². The number of nitrogens with one attached hydrogen (secondary N) is 4. The molecular weight excluding hydrogens is 1300 g/mol. The van der Waals surface area contributed by atoms with E-state index >= 15 is 4.39 Å². The van der Waals surface area contributed by atoms with E-state index in [0.29, 0.717) is 95.9 Å². The van der Waals surface area contributed by atoms with E-state index in [9.17, 15) is 41.9 Å². The van der Waals surface area contributed by atoms with Crippen LogP contribution >= 0.6 is 34.0 Å². The minimum Gasteiger partial charge on any atom is -0.493 e. The van der Waals surface area contributed by atoms with Gasteiger partial charge in [-0.3, -0.25) is 34.2 Å². The van der Waals surface area contributed by atoms with Crippen molar-refractivity contribution < 1.29 is 55.8 Å². The van der Waals surface area contributed by atoms with Gasteiger partial charge in [-0.25, -0.2) is 36.9 Å². The number of unbranched alkanes of at least 4 members (excludes halogenated alkanes) is 5. The van der Waals surface area contributed by atoms with Crippen molar-refractivity contribution in [2.24, 2.45) is 5.41 Å². The van der Waals surface area contributed by atoms with Crippen molar-refractivity contribution in [3.05, 3.63) is 134 Å². The number of benzene rings is 4. The standard InChI is InChI=1S/C69H80F2N10O10S4/c1-43-59(92-42-73-43)46-25-26-47(39-72-62(84)53-38-48(82)40-81(53)64(86)60(68(2,3)4)76-65(87)69(71)29-30-69)55(37-46)91-33-13-9-7-8-10-14-35-95(88,89)78-63(85)58-57(23-17-34-90-54-27-24-44(36-51(54)70)18-16-31-79(5)6)94-67(75-58)80-32-28-45-19-15-20-49(50(45)41-80)61(83)77-66-74-52-21-11-12-22-56(52)93-66/h11-12,15,19-22,24-27,36-37,42,48,53,60,82H,7-10,13-14,17,23,28-35,38-41H2,1-6H3,(H,72,84)(H,76,87)(H,78,85)(H,74,77,83)/t48-,53+,60-/m1/s1. The fraction of sp³-hybridized carbons (Fsp3) is 0.449. The fourth-order valence-electron chi connectivity index (χ4n) is 11.4. The summed E-state index contributed by atoms with van der Waals surface area (Å²) in [6, 6.07) is 21.3. The number of rotatable bonds is 28. The third kappa shape index (κ3) is 18.2. The largest absolute Gasteiger partial charge is 0.493 e. The molecule has 1 saturated heterocycles. The molecule has 3 aliphatic rings. The van der Waals surface area contributed by atoms with Gasteiger partial charge in [0.25, 0.3) is 17.7 Å². The van der Waals surface area contributed by atoms with E-state index in [-0.39, 0.29) is 68.5 Å². The predicted octanol–water partition coefficient (Wildman–Crippen LogP) is 10.2. The van der Waals surface area contributed by atoms with Crippen LogP contribution in [0.3, 0.4) is 0 Å². The zero-order valence-electron chi connectivity index (χ0n) is 54.2. The highest BCUT2D eigenvalue weighted by Gasteiger charge is 2.53. The van der Waals surface area contributed by atoms with E-state index in [0.717, 1.165) is 56.7 Å². The summed E-state index contributed by atoms with van der Waals surface area (Å²) in [7, 11) is -0.321. The van der Waals surface area contributed by atoms with Gasteiger partial charge in [0.15, 0.2) is 27.5 Å². The molecule has 1 aliphatic carbocycles. The van der Waals surface area contributed by atoms with Gasteiger partial charge in [0.1, 0.15) is 23.5 Å². The van der Waals surface area contributed by atoms with Crippen LogP contribution in [0.2, 0.25) is 0 Å². The number of carbonyl (C=O) groups excluding carboxylic acids is 5. The number of sulfonamides is 1. The first-order valence-corrected chi connectivity index (χ1v) is 36.1. The average Bonchev–Trinajstić information content (AvgIpc) is 1.75. The smallest absolute Gasteiger partial charge is 0.284 e. The Kier molecular flexibility index (Phi) is 22.7. The summed E-state index contributed by atoms with van der Waals surface area (Å²) in [4.78, 5) is 89.2. The Hall–Kier alpha value is -7.93. The first kappa shape index (κ1) is 69.9. The summed E-state index contributed by atoms with van der Waals surface area (Å²) in [6.07, 6.45) is 4.18. The molecule has 3 atom stereocenters. The van der Waals surface area contributed by atoms with E-state index in [4.69, 9.17) is 14.5 Å². The molecule has 1 saturated carbocycles. The Labute approximate surface area is 564 Å². The van der Waals surface area contributed by atoms with Crippen LogP contribution in [-0.4, -0.2) is 144 Å². The number of ether oxygens (including phenoxy) is 2. The summed E-state index contributed by atoms with van der Waals surface area (Å²) >= 11 is 4.13. The molecule has 0 radical (unpaired) electrons. The number of β-amino-alcohol motifs (C(OH)–C–C–N with tert-alkyl or cyclic N) is 1. The van der Waals surface area contributed by atoms with Gasteiger partial charge in [-0.15, -0.1) is 22.7 Å². The first-order chi connectivity index (χ1) is 45.4. The number of aliphatic hydroxyl groups is 1. The molecule has 26 heteroatoms. The Bertz CT molecular complexity index is 4100. The lowest BCUT2D eigenvalue weighted by molar-refractivity contribution is -0.145. The maximum Gasteiger partial charge on any atom is 0.284 e. The molecule has 2 aliphatic heterocycles. The number of aryl methyl sites for hydroxylation is 2. The Morgan fingerprint density at radius 1 is 0.895 bits per heavy atom. The van der Waals surface area contributed by atoms with Crippen molar-refractivity contribution in [1.82, 2.24) is 40.1 Å². The minimum absolute atomic E-state index is 0.0170. The normalized spacial score (nSPS) is 16.2. The molecular formula is C69H80F2N10O10S4. The van der Waals surface area contributed by atoms with Crippen LogP contribution in [0.25, 0.3) is 20.7 Å². The predicted molar refractivity (Wildman–Crippen MR) is 366 cm³/mol. The van der Waals surface area contributed by atoms with Gasteiger partial charge in [-0.05, 0) is 131 Å². The van der Waals surface area contributed by atoms with Crippen molar-refractivity contribution >= 4 is 94.0 Å². The number of hydrogen-bond donors (Lipinski definition) is 5. The third-order valence-corrected chi connectivity index (χ3v) is 21.2. The highest BCUT2D eigenvalue weighted by atomic mass is 32.2. The molecule has 5 amide bonds. The topological polar surface area (TPSA) is 255 Å². The van der Waals surface area contributed by atoms with E-state index in [1.54, 1.807) is 38.4 Å². The van der Waals surface area contributed by atoms with Gasteiger partial charge in [-0.1, -0.05) is 106 Å². The molecule has 0 bridgehead atoms. The van der Waals surface area contributed by atoms with Gasteiger partial charge in [0.2, 0.25) is 21.8 Å². The molecule has 4 aromatic carbocycles. The van der Waals surface area contributed by atoms with Gasteiger partial charge >= 0.3 is 0 Å². The number of hydrogen-bond acceptors (Lipinski definition) is 18. The molecule has 2 fully saturated rings. The summed E-state index contributed by atoms with van der Waals surface area (Å²) < 4.78 is 72.6. The Morgan fingerprint density at radius 3 is 2.39 bits per heavy atom. The lowest BCUT2D eigenvalue weighted by Gasteiger charge is -2.35. The van der Waals surface area contributed by atoms with Crippen LogP contribution in [0.5, 0.6) is 11.5 Å². The third-order valence-electron chi connectivity index (χ3n) is 16.8. The number of thiazole rings is 3. The second kappa shape index (κ2) is 30.9. The number of carbonyl (C=O) groups is 5. The van der Waals surface area contributed by atoms with Crippen LogP contribution in [0.15, 0.2) is 84.4 Å². The SMILES string of the molecule is Cc1ncsc1-c1ccc(CNC(=O)[C@@H]2C[C@@H](O)CN2C(=O)[C@@H](NC(=O)C2(F)CC2)C(C)(C)C)c(OCCCCCCCCS(=O)(=O)NC(=O)c2nc(N3CCc4cccc(C(=O)Nc5nc6ccccc6s5)c4C3)sc2CCCOc2ccc(C#CCN(C)C)cc2F)c1. The van der Waals surface area contributed by atoms with E-state index in [1.807, 2.05) is 85.4 Å². The van der Waals surface area contributed by atoms with Gasteiger partial charge < -0.3 is 35.0 Å². The number of likely N-dealkylation sites (tertiary alicyclic amines) is 1. The molecule has 95 heavy (non-hydrogen) atoms. The number of amides is 5. The molecule has 0 spiro atoms. The maximum absolute atomic E-state index is 15.1. The number of para-hydroxylation sites is 1. The first-order valence-electron chi connectivity index (χ1n) is 32.0. The van der Waals surface area contributed by atoms with Gasteiger partial charge in [0.05, 0.1) is 57.9 Å². The fourth-order valence-corrected chi connectivity index (χ4v) is 15.2. The lowest BCUT2D eigenvalue weighted by Crippen LogP contribution is -2.59. The number of alkyl halides is 1. The molecule has 504 valence electrons. The lowest BCUT2D eigenvalue weighted by atomic mass is 9.85. The number of halogens is 2. The zero-order chi connectivity index (χ0) is 67.6. The molecule has 10 rings (SSSR count). The summed E-state index contributed by atoms with van der Waals surface area (Å²) in [5.74, 6) is 2.58. The molecule has 5 N–H and O–H groups in total. The second-order valence-electron chi connectivity index (χ2n) is 25.6. The van der Waals surface area contributed by atoms with Crippen molar-refractivity contribution in [1.29, 1.82) is 0 Å². The van der Waals surface area contributed by atoms with Crippen molar-refractivity contribution in [2.45, 2.75) is 142 Å². The Morgan fingerprint density at radius 2 is 1.65 bits per heavy atom. The quantitative estimate of drug-likeness (QED) is 0.0226. The van der Waals surface area contributed by atoms with Crippen molar-refractivity contribution in [3.8, 4) is 33.8 Å². The average molecular weight is 1380 g/mol. The number of anilines is 2. The highest BCUT2D eigenvalue weighted by molar-refractivity contribution is 7.90. The van der Waals surface area contributed by atoms with Gasteiger partial charge in [-0.2, -0.15) is 0 Å². The monoisotopic (exact) mass is 1370 g/mol. The molecule has 20 nitrogen and oxygen atoms in total. The van der Waals surface area contributed by atoms with Gasteiger partial charge in [0, 0.05) is 54.2 Å². The number of aromatic nitrogens is 3. The second-order valence-corrected chi connectivity index (χ2v) is 30.4.